The SMILES string of the molecule is Cc1ccccc1CSCC(=O)c1ccccc1F. The fourth-order valence-corrected chi connectivity index (χ4v) is 2.78. The second-order valence-corrected chi connectivity index (χ2v) is 5.31. The van der Waals surface area contributed by atoms with E-state index in [1.807, 2.05) is 12.1 Å². The molecular formula is C16H15FOS. The molecule has 0 radical (unpaired) electrons. The molecule has 0 aliphatic rings. The normalized spacial score (nSPS) is 10.4. The highest BCUT2D eigenvalue weighted by Crippen LogP contribution is 2.18. The molecule has 0 atom stereocenters. The van der Waals surface area contributed by atoms with Crippen molar-refractivity contribution in [3.8, 4) is 0 Å². The topological polar surface area (TPSA) is 17.1 Å². The van der Waals surface area contributed by atoms with E-state index >= 15 is 0 Å². The predicted molar refractivity (Wildman–Crippen MR) is 78.1 cm³/mol. The van der Waals surface area contributed by atoms with Gasteiger partial charge in [0.15, 0.2) is 5.78 Å². The Kier molecular flexibility index (Phi) is 4.74. The third kappa shape index (κ3) is 3.67. The number of hydrogen-bond donors (Lipinski definition) is 0. The van der Waals surface area contributed by atoms with Crippen LogP contribution in [0.3, 0.4) is 0 Å². The number of carbonyl (C=O) groups excluding carboxylic acids is 1. The minimum absolute atomic E-state index is 0.156. The number of halogens is 1. The van der Waals surface area contributed by atoms with Crippen molar-refractivity contribution >= 4 is 17.5 Å². The Morgan fingerprint density at radius 2 is 1.79 bits per heavy atom. The number of carbonyl (C=O) groups is 1. The van der Waals surface area contributed by atoms with Crippen LogP contribution in [-0.2, 0) is 5.75 Å². The fraction of sp³-hybridized carbons (Fsp3) is 0.188. The molecule has 0 aromatic heterocycles. The van der Waals surface area contributed by atoms with Gasteiger partial charge in [-0.15, -0.1) is 11.8 Å². The molecule has 2 aromatic carbocycles. The smallest absolute Gasteiger partial charge is 0.175 e. The Hall–Kier alpha value is -1.61. The van der Waals surface area contributed by atoms with E-state index in [-0.39, 0.29) is 11.3 Å². The summed E-state index contributed by atoms with van der Waals surface area (Å²) in [6.07, 6.45) is 0. The van der Waals surface area contributed by atoms with Gasteiger partial charge in [0.1, 0.15) is 5.82 Å². The second-order valence-electron chi connectivity index (χ2n) is 4.32. The van der Waals surface area contributed by atoms with Crippen LogP contribution < -0.4 is 0 Å². The van der Waals surface area contributed by atoms with Gasteiger partial charge in [-0.1, -0.05) is 36.4 Å². The van der Waals surface area contributed by atoms with Crippen LogP contribution in [0.4, 0.5) is 4.39 Å². The number of thioether (sulfide) groups is 1. The molecule has 0 heterocycles. The first-order valence-corrected chi connectivity index (χ1v) is 7.24. The molecule has 19 heavy (non-hydrogen) atoms. The zero-order chi connectivity index (χ0) is 13.7. The number of benzene rings is 2. The van der Waals surface area contributed by atoms with E-state index in [9.17, 15) is 9.18 Å². The Morgan fingerprint density at radius 3 is 2.53 bits per heavy atom. The van der Waals surface area contributed by atoms with Crippen molar-refractivity contribution in [3.05, 3.63) is 71.0 Å². The van der Waals surface area contributed by atoms with Crippen LogP contribution in [0.2, 0.25) is 0 Å². The van der Waals surface area contributed by atoms with Crippen molar-refractivity contribution in [2.45, 2.75) is 12.7 Å². The van der Waals surface area contributed by atoms with Gasteiger partial charge in [-0.3, -0.25) is 4.79 Å². The summed E-state index contributed by atoms with van der Waals surface area (Å²) in [6, 6.07) is 14.2. The Labute approximate surface area is 116 Å². The minimum Gasteiger partial charge on any atom is -0.293 e. The van der Waals surface area contributed by atoms with Crippen molar-refractivity contribution < 1.29 is 9.18 Å². The molecule has 0 aliphatic carbocycles. The molecule has 1 nitrogen and oxygen atoms in total. The van der Waals surface area contributed by atoms with Gasteiger partial charge in [0, 0.05) is 5.75 Å². The van der Waals surface area contributed by atoms with Crippen LogP contribution in [0.5, 0.6) is 0 Å². The number of aryl methyl sites for hydroxylation is 1. The van der Waals surface area contributed by atoms with E-state index in [1.54, 1.807) is 12.1 Å². The number of rotatable bonds is 5. The van der Waals surface area contributed by atoms with Gasteiger partial charge in [-0.2, -0.15) is 0 Å². The van der Waals surface area contributed by atoms with Crippen molar-refractivity contribution in [1.82, 2.24) is 0 Å². The number of Topliss-reactive ketones (excluding diaryl/α,β-unsaturated/α-hetero) is 1. The molecule has 0 bridgehead atoms. The van der Waals surface area contributed by atoms with E-state index in [1.165, 1.54) is 35.0 Å². The van der Waals surface area contributed by atoms with E-state index in [4.69, 9.17) is 0 Å². The summed E-state index contributed by atoms with van der Waals surface area (Å²) in [5.41, 5.74) is 2.61. The monoisotopic (exact) mass is 274 g/mol. The van der Waals surface area contributed by atoms with Crippen LogP contribution in [0.25, 0.3) is 0 Å². The standard InChI is InChI=1S/C16H15FOS/c1-12-6-2-3-7-13(12)10-19-11-16(18)14-8-4-5-9-15(14)17/h2-9H,10-11H2,1H3. The summed E-state index contributed by atoms with van der Waals surface area (Å²) in [5.74, 6) is 0.475. The molecule has 0 saturated carbocycles. The summed E-state index contributed by atoms with van der Waals surface area (Å²) in [7, 11) is 0. The molecule has 0 fully saturated rings. The van der Waals surface area contributed by atoms with E-state index in [0.717, 1.165) is 5.75 Å². The maximum absolute atomic E-state index is 13.4. The lowest BCUT2D eigenvalue weighted by molar-refractivity contribution is 0.101. The molecule has 2 rings (SSSR count). The molecular weight excluding hydrogens is 259 g/mol. The first kappa shape index (κ1) is 13.8. The molecule has 2 aromatic rings. The largest absolute Gasteiger partial charge is 0.293 e. The number of ketones is 1. The van der Waals surface area contributed by atoms with Gasteiger partial charge in [0.25, 0.3) is 0 Å². The van der Waals surface area contributed by atoms with Crippen molar-refractivity contribution in [1.29, 1.82) is 0 Å². The Bertz CT molecular complexity index is 580. The first-order valence-electron chi connectivity index (χ1n) is 6.08. The summed E-state index contributed by atoms with van der Waals surface area (Å²) >= 11 is 1.52. The minimum atomic E-state index is -0.441. The zero-order valence-corrected chi connectivity index (χ0v) is 11.5. The summed E-state index contributed by atoms with van der Waals surface area (Å²) < 4.78 is 13.4. The van der Waals surface area contributed by atoms with Crippen LogP contribution in [0.1, 0.15) is 21.5 Å². The first-order chi connectivity index (χ1) is 9.18. The number of hydrogen-bond acceptors (Lipinski definition) is 2. The van der Waals surface area contributed by atoms with Gasteiger partial charge in [-0.25, -0.2) is 4.39 Å². The lowest BCUT2D eigenvalue weighted by Gasteiger charge is -2.05. The van der Waals surface area contributed by atoms with Crippen LogP contribution >= 0.6 is 11.8 Å². The highest BCUT2D eigenvalue weighted by Gasteiger charge is 2.10. The summed E-state index contributed by atoms with van der Waals surface area (Å²) in [6.45, 7) is 2.05. The van der Waals surface area contributed by atoms with E-state index in [2.05, 4.69) is 19.1 Å². The molecule has 98 valence electrons. The maximum Gasteiger partial charge on any atom is 0.175 e. The molecule has 0 N–H and O–H groups in total. The van der Waals surface area contributed by atoms with Crippen LogP contribution in [-0.4, -0.2) is 11.5 Å². The average Bonchev–Trinajstić information content (AvgIpc) is 2.41. The van der Waals surface area contributed by atoms with Gasteiger partial charge in [0.2, 0.25) is 0 Å². The van der Waals surface area contributed by atoms with Gasteiger partial charge >= 0.3 is 0 Å². The summed E-state index contributed by atoms with van der Waals surface area (Å²) in [4.78, 5) is 11.9. The van der Waals surface area contributed by atoms with E-state index < -0.39 is 5.82 Å². The van der Waals surface area contributed by atoms with Gasteiger partial charge < -0.3 is 0 Å². The molecule has 0 spiro atoms. The van der Waals surface area contributed by atoms with Crippen LogP contribution in [0, 0.1) is 12.7 Å². The fourth-order valence-electron chi connectivity index (χ4n) is 1.79. The van der Waals surface area contributed by atoms with Gasteiger partial charge in [0.05, 0.1) is 11.3 Å². The van der Waals surface area contributed by atoms with E-state index in [0.29, 0.717) is 5.75 Å². The molecule has 0 saturated heterocycles. The highest BCUT2D eigenvalue weighted by atomic mass is 32.2. The van der Waals surface area contributed by atoms with Crippen molar-refractivity contribution in [2.75, 3.05) is 5.75 Å². The lowest BCUT2D eigenvalue weighted by atomic mass is 10.1. The quantitative estimate of drug-likeness (QED) is 0.758. The highest BCUT2D eigenvalue weighted by molar-refractivity contribution is 7.99. The zero-order valence-electron chi connectivity index (χ0n) is 10.7. The van der Waals surface area contributed by atoms with Crippen molar-refractivity contribution in [3.63, 3.8) is 0 Å². The van der Waals surface area contributed by atoms with Crippen molar-refractivity contribution in [2.24, 2.45) is 0 Å². The molecule has 0 amide bonds. The lowest BCUT2D eigenvalue weighted by Crippen LogP contribution is -2.05. The summed E-state index contributed by atoms with van der Waals surface area (Å²) in [5, 5.41) is 0. The molecule has 3 heteroatoms. The van der Waals surface area contributed by atoms with Gasteiger partial charge in [-0.05, 0) is 30.2 Å². The predicted octanol–water partition coefficient (Wildman–Crippen LogP) is 4.25. The third-order valence-corrected chi connectivity index (χ3v) is 3.91. The molecule has 0 unspecified atom stereocenters. The third-order valence-electron chi connectivity index (χ3n) is 2.93. The Balaban J connectivity index is 1.92. The maximum atomic E-state index is 13.4. The van der Waals surface area contributed by atoms with Crippen LogP contribution in [0.15, 0.2) is 48.5 Å². The Morgan fingerprint density at radius 1 is 1.11 bits per heavy atom. The molecule has 0 aliphatic heterocycles. The second kappa shape index (κ2) is 6.53. The average molecular weight is 274 g/mol.